The molecule has 0 spiro atoms. The second kappa shape index (κ2) is 8.17. The molecule has 160 valence electrons. The van der Waals surface area contributed by atoms with Gasteiger partial charge in [0.05, 0.1) is 19.1 Å². The van der Waals surface area contributed by atoms with E-state index in [-0.39, 0.29) is 11.7 Å². The van der Waals surface area contributed by atoms with Crippen molar-refractivity contribution in [2.24, 2.45) is 0 Å². The van der Waals surface area contributed by atoms with Crippen LogP contribution in [0.4, 0.5) is 5.82 Å². The first kappa shape index (κ1) is 19.8. The van der Waals surface area contributed by atoms with Crippen molar-refractivity contribution in [3.05, 3.63) is 71.0 Å². The zero-order valence-corrected chi connectivity index (χ0v) is 17.7. The number of rotatable bonds is 4. The minimum Gasteiger partial charge on any atom is -0.508 e. The lowest BCUT2D eigenvalue weighted by molar-refractivity contribution is -0.925. The van der Waals surface area contributed by atoms with Gasteiger partial charge in [0.15, 0.2) is 0 Å². The molecule has 2 aliphatic heterocycles. The molecule has 31 heavy (non-hydrogen) atoms. The molecule has 0 saturated carbocycles. The summed E-state index contributed by atoms with van der Waals surface area (Å²) in [6.07, 6.45) is 1.76. The Labute approximate surface area is 181 Å². The zero-order valence-electron chi connectivity index (χ0n) is 17.7. The number of fused-ring (bicyclic) bond motifs is 2. The third kappa shape index (κ3) is 3.82. The van der Waals surface area contributed by atoms with Crippen molar-refractivity contribution >= 4 is 5.82 Å². The highest BCUT2D eigenvalue weighted by molar-refractivity contribution is 5.62. The third-order valence-corrected chi connectivity index (χ3v) is 6.25. The van der Waals surface area contributed by atoms with E-state index >= 15 is 0 Å². The molecule has 3 aromatic rings. The fourth-order valence-corrected chi connectivity index (χ4v) is 4.45. The fourth-order valence-electron chi connectivity index (χ4n) is 4.45. The smallest absolute Gasteiger partial charge is 0.306 e. The highest BCUT2D eigenvalue weighted by Gasteiger charge is 2.36. The molecule has 7 nitrogen and oxygen atoms in total. The van der Waals surface area contributed by atoms with E-state index in [9.17, 15) is 5.11 Å². The van der Waals surface area contributed by atoms with Crippen LogP contribution >= 0.6 is 0 Å². The number of hydrogen-bond acceptors (Lipinski definition) is 5. The van der Waals surface area contributed by atoms with E-state index in [1.807, 2.05) is 10.6 Å². The minimum atomic E-state index is -0.115. The second-order valence-corrected chi connectivity index (χ2v) is 8.32. The molecule has 1 saturated heterocycles. The van der Waals surface area contributed by atoms with Gasteiger partial charge >= 0.3 is 5.88 Å². The standard InChI is InChI=1S/C24H26N4O3/c1-16-2-4-17(5-3-16)21-19-7-6-18(29)14-20(19)31-24-22(21)23(25)28(15-26-24)9-8-27-10-12-30-13-11-27/h2-7,14-15,21,25,29H,8-13H2,1H3/p+2/t21-/m1/s1. The van der Waals surface area contributed by atoms with E-state index in [4.69, 9.17) is 15.2 Å². The summed E-state index contributed by atoms with van der Waals surface area (Å²) < 4.78 is 13.6. The van der Waals surface area contributed by atoms with Gasteiger partial charge in [0, 0.05) is 11.6 Å². The lowest BCUT2D eigenvalue weighted by atomic mass is 9.83. The van der Waals surface area contributed by atoms with Gasteiger partial charge in [0.2, 0.25) is 12.1 Å². The number of nitrogen functional groups attached to an aromatic ring is 1. The van der Waals surface area contributed by atoms with Gasteiger partial charge in [-0.1, -0.05) is 40.9 Å². The average molecular weight is 421 g/mol. The molecule has 2 aliphatic rings. The van der Waals surface area contributed by atoms with Crippen LogP contribution in [0.5, 0.6) is 17.4 Å². The quantitative estimate of drug-likeness (QED) is 0.432. The van der Waals surface area contributed by atoms with Crippen LogP contribution in [0.1, 0.15) is 28.2 Å². The summed E-state index contributed by atoms with van der Waals surface area (Å²) in [7, 11) is 0. The van der Waals surface area contributed by atoms with Crippen molar-refractivity contribution in [2.75, 3.05) is 38.6 Å². The van der Waals surface area contributed by atoms with Gasteiger partial charge in [-0.25, -0.2) is 4.57 Å². The van der Waals surface area contributed by atoms with Crippen LogP contribution in [0.15, 0.2) is 48.8 Å². The summed E-state index contributed by atoms with van der Waals surface area (Å²) in [6, 6.07) is 13.7. The Kier molecular flexibility index (Phi) is 5.21. The average Bonchev–Trinajstić information content (AvgIpc) is 2.78. The first-order valence-electron chi connectivity index (χ1n) is 10.8. The molecule has 5 rings (SSSR count). The maximum absolute atomic E-state index is 9.98. The number of quaternary nitrogens is 1. The summed E-state index contributed by atoms with van der Waals surface area (Å²) in [4.78, 5) is 6.13. The van der Waals surface area contributed by atoms with Crippen LogP contribution in [0.2, 0.25) is 0 Å². The maximum Gasteiger partial charge on any atom is 0.306 e. The first-order chi connectivity index (χ1) is 15.1. The summed E-state index contributed by atoms with van der Waals surface area (Å²) >= 11 is 0. The Balaban J connectivity index is 1.55. The van der Waals surface area contributed by atoms with Crippen LogP contribution < -0.4 is 19.9 Å². The number of nitrogens with zero attached hydrogens (tertiary/aromatic N) is 2. The number of benzene rings is 2. The van der Waals surface area contributed by atoms with Crippen LogP contribution in [0, 0.1) is 6.92 Å². The molecule has 1 fully saturated rings. The summed E-state index contributed by atoms with van der Waals surface area (Å²) in [6.45, 7) is 7.49. The number of anilines is 1. The van der Waals surface area contributed by atoms with Crippen molar-refractivity contribution < 1.29 is 24.0 Å². The fraction of sp³-hybridized carbons (Fsp3) is 0.333. The predicted octanol–water partition coefficient (Wildman–Crippen LogP) is 1.17. The van der Waals surface area contributed by atoms with Crippen LogP contribution in [0.25, 0.3) is 0 Å². The Bertz CT molecular complexity index is 1090. The van der Waals surface area contributed by atoms with E-state index in [1.54, 1.807) is 18.5 Å². The maximum atomic E-state index is 9.98. The second-order valence-electron chi connectivity index (χ2n) is 8.32. The predicted molar refractivity (Wildman–Crippen MR) is 116 cm³/mol. The monoisotopic (exact) mass is 420 g/mol. The zero-order chi connectivity index (χ0) is 21.4. The number of phenolic OH excluding ortho intramolecular Hbond substituents is 1. The van der Waals surface area contributed by atoms with Gasteiger partial charge < -0.3 is 25.2 Å². The number of aromatic hydroxyl groups is 1. The van der Waals surface area contributed by atoms with Crippen molar-refractivity contribution in [2.45, 2.75) is 19.4 Å². The van der Waals surface area contributed by atoms with Crippen molar-refractivity contribution in [1.29, 1.82) is 0 Å². The Morgan fingerprint density at radius 1 is 1.16 bits per heavy atom. The molecule has 4 N–H and O–H groups in total. The van der Waals surface area contributed by atoms with Gasteiger partial charge in [-0.3, -0.25) is 0 Å². The van der Waals surface area contributed by atoms with Gasteiger partial charge in [-0.15, -0.1) is 0 Å². The van der Waals surface area contributed by atoms with E-state index in [0.29, 0.717) is 17.4 Å². The minimum absolute atomic E-state index is 0.115. The highest BCUT2D eigenvalue weighted by Crippen LogP contribution is 2.48. The number of aryl methyl sites for hydroxylation is 1. The molecule has 7 heteroatoms. The molecular formula is C24H28N4O3+2. The molecule has 0 amide bonds. The largest absolute Gasteiger partial charge is 0.508 e. The SMILES string of the molecule is Cc1ccc([C@@H]2c3ccc(O)cc3Oc3nc[n+](CC[NH+]4CCOCC4)c(N)c32)cc1. The lowest BCUT2D eigenvalue weighted by Crippen LogP contribution is -3.14. The Hall–Kier alpha value is -3.16. The lowest BCUT2D eigenvalue weighted by Gasteiger charge is -2.27. The van der Waals surface area contributed by atoms with Crippen LogP contribution in [0.3, 0.4) is 0 Å². The molecule has 3 heterocycles. The number of hydrogen-bond donors (Lipinski definition) is 3. The summed E-state index contributed by atoms with van der Waals surface area (Å²) in [5.74, 6) is 1.83. The number of nitrogens with one attached hydrogen (secondary N) is 1. The van der Waals surface area contributed by atoms with Gasteiger partial charge in [0.1, 0.15) is 43.2 Å². The number of aromatic nitrogens is 2. The number of ether oxygens (including phenoxy) is 2. The Morgan fingerprint density at radius 3 is 2.71 bits per heavy atom. The highest BCUT2D eigenvalue weighted by atomic mass is 16.5. The Morgan fingerprint density at radius 2 is 1.94 bits per heavy atom. The van der Waals surface area contributed by atoms with Crippen molar-refractivity contribution in [1.82, 2.24) is 4.98 Å². The summed E-state index contributed by atoms with van der Waals surface area (Å²) in [5.41, 5.74) is 10.9. The van der Waals surface area contributed by atoms with E-state index in [2.05, 4.69) is 36.2 Å². The van der Waals surface area contributed by atoms with Gasteiger partial charge in [0.25, 0.3) is 0 Å². The van der Waals surface area contributed by atoms with E-state index in [1.165, 1.54) is 10.5 Å². The molecule has 0 bridgehead atoms. The molecule has 0 unspecified atom stereocenters. The third-order valence-electron chi connectivity index (χ3n) is 6.25. The van der Waals surface area contributed by atoms with Crippen LogP contribution in [-0.4, -0.2) is 42.9 Å². The number of nitrogens with two attached hydrogens (primary N) is 1. The number of phenols is 1. The first-order valence-corrected chi connectivity index (χ1v) is 10.8. The molecule has 2 aromatic carbocycles. The molecule has 0 radical (unpaired) electrons. The van der Waals surface area contributed by atoms with Gasteiger partial charge in [-0.05, 0) is 18.6 Å². The molecule has 0 aliphatic carbocycles. The van der Waals surface area contributed by atoms with E-state index < -0.39 is 0 Å². The molecule has 1 atom stereocenters. The molecular weight excluding hydrogens is 392 g/mol. The van der Waals surface area contributed by atoms with Crippen LogP contribution in [-0.2, 0) is 11.3 Å². The topological polar surface area (TPSA) is 85.9 Å². The molecule has 1 aromatic heterocycles. The van der Waals surface area contributed by atoms with Crippen molar-refractivity contribution in [3.8, 4) is 17.4 Å². The summed E-state index contributed by atoms with van der Waals surface area (Å²) in [5, 5.41) is 9.98. The normalized spacial score (nSPS) is 18.2. The number of morpholine rings is 1. The van der Waals surface area contributed by atoms with Gasteiger partial charge in [-0.2, -0.15) is 0 Å². The van der Waals surface area contributed by atoms with Crippen molar-refractivity contribution in [3.63, 3.8) is 0 Å². The van der Waals surface area contributed by atoms with E-state index in [0.717, 1.165) is 56.1 Å².